The SMILES string of the molecule is CC(C)OCC(=O)NCc1ccn(C)n1. The van der Waals surface area contributed by atoms with Crippen molar-refractivity contribution < 1.29 is 9.53 Å². The Kier molecular flexibility index (Phi) is 4.30. The third-order valence-corrected chi connectivity index (χ3v) is 1.78. The van der Waals surface area contributed by atoms with E-state index in [0.29, 0.717) is 6.54 Å². The van der Waals surface area contributed by atoms with E-state index in [9.17, 15) is 4.79 Å². The van der Waals surface area contributed by atoms with Gasteiger partial charge in [0.15, 0.2) is 0 Å². The predicted molar refractivity (Wildman–Crippen MR) is 56.1 cm³/mol. The largest absolute Gasteiger partial charge is 0.369 e. The second-order valence-corrected chi connectivity index (χ2v) is 3.62. The van der Waals surface area contributed by atoms with E-state index in [1.165, 1.54) is 0 Å². The van der Waals surface area contributed by atoms with E-state index >= 15 is 0 Å². The van der Waals surface area contributed by atoms with Crippen molar-refractivity contribution in [2.45, 2.75) is 26.5 Å². The van der Waals surface area contributed by atoms with Crippen LogP contribution in [0, 0.1) is 0 Å². The second-order valence-electron chi connectivity index (χ2n) is 3.62. The van der Waals surface area contributed by atoms with Crippen LogP contribution in [-0.4, -0.2) is 28.4 Å². The van der Waals surface area contributed by atoms with Gasteiger partial charge >= 0.3 is 0 Å². The van der Waals surface area contributed by atoms with Gasteiger partial charge in [-0.05, 0) is 19.9 Å². The molecule has 0 fully saturated rings. The normalized spacial score (nSPS) is 10.7. The summed E-state index contributed by atoms with van der Waals surface area (Å²) in [5, 5.41) is 6.87. The zero-order valence-corrected chi connectivity index (χ0v) is 9.36. The van der Waals surface area contributed by atoms with Crippen LogP contribution in [-0.2, 0) is 23.1 Å². The fourth-order valence-corrected chi connectivity index (χ4v) is 1.04. The Morgan fingerprint density at radius 3 is 2.93 bits per heavy atom. The number of ether oxygens (including phenoxy) is 1. The van der Waals surface area contributed by atoms with Gasteiger partial charge in [0.05, 0.1) is 18.3 Å². The van der Waals surface area contributed by atoms with Crippen molar-refractivity contribution in [3.63, 3.8) is 0 Å². The number of carbonyl (C=O) groups is 1. The summed E-state index contributed by atoms with van der Waals surface area (Å²) in [6, 6.07) is 1.86. The first-order valence-corrected chi connectivity index (χ1v) is 4.94. The number of nitrogens with zero attached hydrogens (tertiary/aromatic N) is 2. The van der Waals surface area contributed by atoms with E-state index < -0.39 is 0 Å². The Bertz CT molecular complexity index is 320. The van der Waals surface area contributed by atoms with Crippen LogP contribution in [0.25, 0.3) is 0 Å². The summed E-state index contributed by atoms with van der Waals surface area (Å²) in [6.45, 7) is 4.34. The van der Waals surface area contributed by atoms with Gasteiger partial charge in [0, 0.05) is 13.2 Å². The van der Waals surface area contributed by atoms with Crippen LogP contribution in [0.4, 0.5) is 0 Å². The molecule has 1 aromatic heterocycles. The van der Waals surface area contributed by atoms with E-state index in [2.05, 4.69) is 10.4 Å². The maximum atomic E-state index is 11.3. The lowest BCUT2D eigenvalue weighted by Gasteiger charge is -2.07. The van der Waals surface area contributed by atoms with E-state index in [1.54, 1.807) is 4.68 Å². The van der Waals surface area contributed by atoms with E-state index in [1.807, 2.05) is 33.2 Å². The maximum absolute atomic E-state index is 11.3. The summed E-state index contributed by atoms with van der Waals surface area (Å²) in [7, 11) is 1.84. The molecular weight excluding hydrogens is 194 g/mol. The monoisotopic (exact) mass is 211 g/mol. The van der Waals surface area contributed by atoms with Gasteiger partial charge in [-0.25, -0.2) is 0 Å². The van der Waals surface area contributed by atoms with Crippen LogP contribution in [0.15, 0.2) is 12.3 Å². The number of aromatic nitrogens is 2. The lowest BCUT2D eigenvalue weighted by molar-refractivity contribution is -0.127. The lowest BCUT2D eigenvalue weighted by atomic mass is 10.4. The minimum atomic E-state index is -0.116. The van der Waals surface area contributed by atoms with Gasteiger partial charge in [-0.1, -0.05) is 0 Å². The standard InChI is InChI=1S/C10H17N3O2/c1-8(2)15-7-10(14)11-6-9-4-5-13(3)12-9/h4-5,8H,6-7H2,1-3H3,(H,11,14). The Balaban J connectivity index is 2.22. The van der Waals surface area contributed by atoms with E-state index in [4.69, 9.17) is 4.74 Å². The molecule has 0 saturated heterocycles. The molecule has 1 N–H and O–H groups in total. The molecule has 0 aliphatic heterocycles. The van der Waals surface area contributed by atoms with Gasteiger partial charge in [-0.2, -0.15) is 5.10 Å². The Morgan fingerprint density at radius 1 is 1.67 bits per heavy atom. The predicted octanol–water partition coefficient (Wildman–Crippen LogP) is 0.461. The molecule has 0 atom stereocenters. The summed E-state index contributed by atoms with van der Waals surface area (Å²) in [4.78, 5) is 11.3. The number of carbonyl (C=O) groups excluding carboxylic acids is 1. The summed E-state index contributed by atoms with van der Waals surface area (Å²) in [5.41, 5.74) is 0.843. The van der Waals surface area contributed by atoms with E-state index in [-0.39, 0.29) is 18.6 Å². The van der Waals surface area contributed by atoms with Crippen LogP contribution >= 0.6 is 0 Å². The first-order chi connectivity index (χ1) is 7.08. The molecule has 84 valence electrons. The fourth-order valence-electron chi connectivity index (χ4n) is 1.04. The molecule has 0 bridgehead atoms. The first-order valence-electron chi connectivity index (χ1n) is 4.94. The fraction of sp³-hybridized carbons (Fsp3) is 0.600. The molecule has 0 radical (unpaired) electrons. The molecular formula is C10H17N3O2. The number of nitrogens with one attached hydrogen (secondary N) is 1. The maximum Gasteiger partial charge on any atom is 0.246 e. The number of hydrogen-bond acceptors (Lipinski definition) is 3. The average Bonchev–Trinajstić information content (AvgIpc) is 2.58. The number of aryl methyl sites for hydroxylation is 1. The zero-order valence-electron chi connectivity index (χ0n) is 9.36. The summed E-state index contributed by atoms with van der Waals surface area (Å²) >= 11 is 0. The smallest absolute Gasteiger partial charge is 0.246 e. The summed E-state index contributed by atoms with van der Waals surface area (Å²) in [5.74, 6) is -0.116. The topological polar surface area (TPSA) is 56.1 Å². The van der Waals surface area contributed by atoms with E-state index in [0.717, 1.165) is 5.69 Å². The molecule has 0 aliphatic rings. The van der Waals surface area contributed by atoms with Crippen molar-refractivity contribution in [1.29, 1.82) is 0 Å². The molecule has 0 spiro atoms. The molecule has 1 aromatic rings. The van der Waals surface area contributed by atoms with Crippen molar-refractivity contribution in [1.82, 2.24) is 15.1 Å². The third-order valence-electron chi connectivity index (χ3n) is 1.78. The average molecular weight is 211 g/mol. The molecule has 1 rings (SSSR count). The first kappa shape index (κ1) is 11.7. The molecule has 0 aromatic carbocycles. The van der Waals surface area contributed by atoms with Gasteiger partial charge in [0.2, 0.25) is 5.91 Å². The van der Waals surface area contributed by atoms with Crippen LogP contribution in [0.2, 0.25) is 0 Å². The molecule has 1 heterocycles. The highest BCUT2D eigenvalue weighted by molar-refractivity contribution is 5.77. The second kappa shape index (κ2) is 5.50. The summed E-state index contributed by atoms with van der Waals surface area (Å²) < 4.78 is 6.86. The highest BCUT2D eigenvalue weighted by Crippen LogP contribution is 1.93. The minimum absolute atomic E-state index is 0.0746. The van der Waals surface area contributed by atoms with Crippen LogP contribution < -0.4 is 5.32 Å². The van der Waals surface area contributed by atoms with Crippen molar-refractivity contribution in [3.05, 3.63) is 18.0 Å². The number of amides is 1. The van der Waals surface area contributed by atoms with Crippen molar-refractivity contribution in [2.75, 3.05) is 6.61 Å². The number of rotatable bonds is 5. The molecule has 5 nitrogen and oxygen atoms in total. The van der Waals surface area contributed by atoms with Crippen LogP contribution in [0.3, 0.4) is 0 Å². The van der Waals surface area contributed by atoms with Crippen LogP contribution in [0.1, 0.15) is 19.5 Å². The Labute approximate surface area is 89.4 Å². The summed E-state index contributed by atoms with van der Waals surface area (Å²) in [6.07, 6.45) is 1.91. The van der Waals surface area contributed by atoms with Gasteiger partial charge in [0.25, 0.3) is 0 Å². The molecule has 0 aliphatic carbocycles. The van der Waals surface area contributed by atoms with Gasteiger partial charge in [-0.15, -0.1) is 0 Å². The van der Waals surface area contributed by atoms with Crippen molar-refractivity contribution in [2.24, 2.45) is 7.05 Å². The van der Waals surface area contributed by atoms with Crippen molar-refractivity contribution in [3.8, 4) is 0 Å². The van der Waals surface area contributed by atoms with Crippen LogP contribution in [0.5, 0.6) is 0 Å². The molecule has 15 heavy (non-hydrogen) atoms. The third kappa shape index (κ3) is 4.60. The molecule has 0 unspecified atom stereocenters. The van der Waals surface area contributed by atoms with Gasteiger partial charge in [-0.3, -0.25) is 9.48 Å². The quantitative estimate of drug-likeness (QED) is 0.770. The Hall–Kier alpha value is -1.36. The highest BCUT2D eigenvalue weighted by Gasteiger charge is 2.03. The Morgan fingerprint density at radius 2 is 2.40 bits per heavy atom. The lowest BCUT2D eigenvalue weighted by Crippen LogP contribution is -2.28. The highest BCUT2D eigenvalue weighted by atomic mass is 16.5. The molecule has 1 amide bonds. The van der Waals surface area contributed by atoms with Crippen molar-refractivity contribution >= 4 is 5.91 Å². The number of hydrogen-bond donors (Lipinski definition) is 1. The molecule has 0 saturated carbocycles. The zero-order chi connectivity index (χ0) is 11.3. The minimum Gasteiger partial charge on any atom is -0.369 e. The molecule has 5 heteroatoms. The van der Waals surface area contributed by atoms with Gasteiger partial charge < -0.3 is 10.1 Å². The van der Waals surface area contributed by atoms with Gasteiger partial charge in [0.1, 0.15) is 6.61 Å².